The summed E-state index contributed by atoms with van der Waals surface area (Å²) in [5.41, 5.74) is 1.49. The molecule has 0 bridgehead atoms. The lowest BCUT2D eigenvalue weighted by Crippen LogP contribution is -2.66. The number of carbonyl (C=O) groups is 4. The van der Waals surface area contributed by atoms with Gasteiger partial charge < -0.3 is 23.7 Å². The molecule has 0 N–H and O–H groups in total. The molecular weight excluding hydrogens is 775 g/mol. The molecule has 0 unspecified atom stereocenters. The number of amides is 2. The first-order valence-corrected chi connectivity index (χ1v) is 22.4. The number of aliphatic imine (C=N–C) groups is 1. The summed E-state index contributed by atoms with van der Waals surface area (Å²) in [5.74, 6) is -1.36. The van der Waals surface area contributed by atoms with Crippen LogP contribution in [-0.4, -0.2) is 87.4 Å². The van der Waals surface area contributed by atoms with E-state index in [4.69, 9.17) is 13.9 Å². The summed E-state index contributed by atoms with van der Waals surface area (Å²) in [7, 11) is -2.33. The molecule has 0 aromatic heterocycles. The maximum atomic E-state index is 14.0. The topological polar surface area (TPSA) is 201 Å². The van der Waals surface area contributed by atoms with Crippen LogP contribution < -0.4 is 0 Å². The molecule has 2 aliphatic rings. The van der Waals surface area contributed by atoms with E-state index in [1.807, 2.05) is 11.8 Å². The number of likely N-dealkylation sites (tertiary alicyclic amines) is 2. The van der Waals surface area contributed by atoms with Crippen molar-refractivity contribution in [3.63, 3.8) is 0 Å². The number of non-ortho nitro benzene ring substituents is 2. The van der Waals surface area contributed by atoms with Gasteiger partial charge in [-0.25, -0.2) is 9.59 Å². The van der Waals surface area contributed by atoms with E-state index in [0.717, 1.165) is 11.8 Å². The molecule has 2 heterocycles. The van der Waals surface area contributed by atoms with E-state index in [-0.39, 0.29) is 58.0 Å². The van der Waals surface area contributed by atoms with Crippen molar-refractivity contribution in [1.82, 2.24) is 9.80 Å². The van der Waals surface area contributed by atoms with Crippen molar-refractivity contribution < 1.29 is 42.9 Å². The van der Waals surface area contributed by atoms with Gasteiger partial charge in [-0.1, -0.05) is 32.5 Å². The Labute approximate surface area is 337 Å². The minimum Gasteiger partial charge on any atom is -0.456 e. The molecule has 2 aliphatic heterocycles. The number of ether oxygens (including phenoxy) is 2. The predicted molar refractivity (Wildman–Crippen MR) is 217 cm³/mol. The summed E-state index contributed by atoms with van der Waals surface area (Å²) in [6, 6.07) is 10.6. The van der Waals surface area contributed by atoms with Crippen LogP contribution in [0.25, 0.3) is 0 Å². The second kappa shape index (κ2) is 18.5. The maximum absolute atomic E-state index is 14.0. The first kappa shape index (κ1) is 44.8. The third kappa shape index (κ3) is 11.3. The first-order chi connectivity index (χ1) is 26.6. The molecule has 0 spiro atoms. The molecule has 4 rings (SSSR count). The average Bonchev–Trinajstić information content (AvgIpc) is 3.59. The molecule has 0 aliphatic carbocycles. The monoisotopic (exact) mass is 825 g/mol. The van der Waals surface area contributed by atoms with Gasteiger partial charge in [0.05, 0.1) is 27.9 Å². The van der Waals surface area contributed by atoms with E-state index in [9.17, 15) is 39.4 Å². The molecule has 308 valence electrons. The van der Waals surface area contributed by atoms with Crippen molar-refractivity contribution in [1.29, 1.82) is 0 Å². The van der Waals surface area contributed by atoms with E-state index in [0.29, 0.717) is 42.0 Å². The van der Waals surface area contributed by atoms with E-state index < -0.39 is 48.3 Å². The highest BCUT2D eigenvalue weighted by Gasteiger charge is 2.55. The number of hydrogen-bond donors (Lipinski definition) is 0. The number of thioether (sulfide) groups is 1. The molecule has 2 saturated heterocycles. The number of β-lactam (4-membered cyclic amide) rings is 1. The van der Waals surface area contributed by atoms with E-state index >= 15 is 0 Å². The van der Waals surface area contributed by atoms with Gasteiger partial charge in [-0.05, 0) is 93.2 Å². The summed E-state index contributed by atoms with van der Waals surface area (Å²) in [6.07, 6.45) is -0.754. The zero-order valence-corrected chi connectivity index (χ0v) is 35.6. The Morgan fingerprint density at radius 3 is 1.95 bits per heavy atom. The smallest absolute Gasteiger partial charge is 0.435 e. The number of esters is 1. The fraction of sp³-hybridized carbons (Fsp3) is 0.513. The lowest BCUT2D eigenvalue weighted by atomic mass is 9.80. The molecule has 0 saturated carbocycles. The molecule has 16 nitrogen and oxygen atoms in total. The van der Waals surface area contributed by atoms with Crippen molar-refractivity contribution in [3.8, 4) is 0 Å². The second-order valence-electron chi connectivity index (χ2n) is 15.9. The molecule has 0 radical (unpaired) electrons. The summed E-state index contributed by atoms with van der Waals surface area (Å²) in [5, 5.41) is 21.5. The van der Waals surface area contributed by atoms with Crippen molar-refractivity contribution in [2.24, 2.45) is 10.9 Å². The van der Waals surface area contributed by atoms with Crippen LogP contribution in [0.2, 0.25) is 18.1 Å². The van der Waals surface area contributed by atoms with Crippen LogP contribution in [0.15, 0.2) is 64.8 Å². The van der Waals surface area contributed by atoms with Crippen molar-refractivity contribution in [3.05, 3.63) is 91.2 Å². The zero-order chi connectivity index (χ0) is 42.4. The Morgan fingerprint density at radius 1 is 0.930 bits per heavy atom. The summed E-state index contributed by atoms with van der Waals surface area (Å²) in [6.45, 7) is 18.1. The lowest BCUT2D eigenvalue weighted by molar-refractivity contribution is -0.385. The van der Waals surface area contributed by atoms with Crippen LogP contribution in [0, 0.1) is 26.1 Å². The first-order valence-electron chi connectivity index (χ1n) is 18.6. The van der Waals surface area contributed by atoms with Gasteiger partial charge in [0.25, 0.3) is 11.4 Å². The standard InChI is InChI=1S/C39H51N5O11SSi/c1-24(2)35(37(47)53-22-27-10-14-29(15-11-27)43(49)50)42-32(34(36(42)46)25(3)55-57(8,9)39(5,6)7)20-33(45)56-31-18-19-41(21-31)26(4)40-38(48)54-23-28-12-16-30(17-13-28)44(51)52/h10-17,25,31-32,34H,18-23H2,1-9H3/b40-26+/t25-,31+,32-,34-/m1/s1. The number of nitrogens with zero attached hydrogens (tertiary/aromatic N) is 5. The predicted octanol–water partition coefficient (Wildman–Crippen LogP) is 7.56. The Hall–Kier alpha value is -4.94. The number of benzene rings is 2. The summed E-state index contributed by atoms with van der Waals surface area (Å²) < 4.78 is 17.5. The van der Waals surface area contributed by atoms with Gasteiger partial charge in [-0.15, -0.1) is 0 Å². The number of hydrogen-bond acceptors (Lipinski definition) is 12. The van der Waals surface area contributed by atoms with Gasteiger partial charge in [0, 0.05) is 49.0 Å². The van der Waals surface area contributed by atoms with Crippen LogP contribution in [0.3, 0.4) is 0 Å². The van der Waals surface area contributed by atoms with E-state index in [1.165, 1.54) is 53.4 Å². The van der Waals surface area contributed by atoms with Gasteiger partial charge in [0.2, 0.25) is 5.91 Å². The van der Waals surface area contributed by atoms with Crippen LogP contribution in [0.1, 0.15) is 72.4 Å². The van der Waals surface area contributed by atoms with Gasteiger partial charge in [0.1, 0.15) is 24.7 Å². The van der Waals surface area contributed by atoms with Crippen LogP contribution in [0.5, 0.6) is 0 Å². The third-order valence-electron chi connectivity index (χ3n) is 10.5. The Morgan fingerprint density at radius 2 is 1.46 bits per heavy atom. The summed E-state index contributed by atoms with van der Waals surface area (Å²) >= 11 is 1.16. The van der Waals surface area contributed by atoms with Crippen molar-refractivity contribution in [2.45, 2.75) is 110 Å². The quantitative estimate of drug-likeness (QED) is 0.0264. The van der Waals surface area contributed by atoms with Crippen LogP contribution >= 0.6 is 11.8 Å². The summed E-state index contributed by atoms with van der Waals surface area (Å²) in [4.78, 5) is 82.1. The number of carbonyl (C=O) groups excluding carboxylic acids is 4. The molecule has 2 amide bonds. The number of nitro groups is 2. The number of nitro benzene ring substituents is 2. The van der Waals surface area contributed by atoms with Gasteiger partial charge in [-0.3, -0.25) is 29.8 Å². The zero-order valence-electron chi connectivity index (χ0n) is 33.8. The highest BCUT2D eigenvalue weighted by atomic mass is 32.2. The number of rotatable bonds is 14. The molecule has 18 heteroatoms. The molecule has 4 atom stereocenters. The number of allylic oxidation sites excluding steroid dienone is 1. The fourth-order valence-corrected chi connectivity index (χ4v) is 8.93. The van der Waals surface area contributed by atoms with Crippen molar-refractivity contribution in [2.75, 3.05) is 13.1 Å². The van der Waals surface area contributed by atoms with Gasteiger partial charge >= 0.3 is 12.1 Å². The minimum atomic E-state index is -2.33. The highest BCUT2D eigenvalue weighted by molar-refractivity contribution is 8.14. The van der Waals surface area contributed by atoms with Crippen LogP contribution in [0.4, 0.5) is 16.2 Å². The average molecular weight is 826 g/mol. The molecular formula is C39H51N5O11SSi. The van der Waals surface area contributed by atoms with Crippen molar-refractivity contribution >= 4 is 60.4 Å². The maximum Gasteiger partial charge on any atom is 0.435 e. The van der Waals surface area contributed by atoms with Gasteiger partial charge in [-0.2, -0.15) is 4.99 Å². The minimum absolute atomic E-state index is 0.0415. The van der Waals surface area contributed by atoms with E-state index in [2.05, 4.69) is 38.9 Å². The Kier molecular flexibility index (Phi) is 14.6. The number of amidine groups is 1. The SMILES string of the molecule is CC(C)=C(C(=O)OCc1ccc([N+](=O)[O-])cc1)N1C(=O)[C@H]([C@@H](C)O[Si](C)(C)C(C)(C)C)[C@H]1CC(=O)S[C@H]1CCN(/C(C)=N/C(=O)OCc2ccc([N+](=O)[O-])cc2)C1. The normalized spacial score (nSPS) is 19.1. The van der Waals surface area contributed by atoms with Crippen LogP contribution in [-0.2, 0) is 41.5 Å². The lowest BCUT2D eigenvalue weighted by Gasteiger charge is -2.51. The largest absolute Gasteiger partial charge is 0.456 e. The molecule has 2 fully saturated rings. The Bertz CT molecular complexity index is 1920. The highest BCUT2D eigenvalue weighted by Crippen LogP contribution is 2.43. The molecule has 57 heavy (non-hydrogen) atoms. The van der Waals surface area contributed by atoms with Gasteiger partial charge in [0.15, 0.2) is 13.4 Å². The second-order valence-corrected chi connectivity index (χ2v) is 22.0. The fourth-order valence-electron chi connectivity index (χ4n) is 6.38. The molecule has 2 aromatic rings. The molecule has 2 aromatic carbocycles. The van der Waals surface area contributed by atoms with E-state index in [1.54, 1.807) is 20.8 Å². The Balaban J connectivity index is 1.43. The third-order valence-corrected chi connectivity index (χ3v) is 16.2.